The van der Waals surface area contributed by atoms with Gasteiger partial charge in [-0.3, -0.25) is 4.79 Å². The van der Waals surface area contributed by atoms with Gasteiger partial charge in [0, 0.05) is 12.8 Å². The van der Waals surface area contributed by atoms with E-state index in [1.54, 1.807) is 69.3 Å². The Bertz CT molecular complexity index is 1470. The number of carboxylic acids is 1. The minimum atomic E-state index is -1.33. The summed E-state index contributed by atoms with van der Waals surface area (Å²) < 4.78 is 15.7. The van der Waals surface area contributed by atoms with Crippen LogP contribution in [0.1, 0.15) is 44.4 Å². The summed E-state index contributed by atoms with van der Waals surface area (Å²) in [6, 6.07) is 20.6. The first kappa shape index (κ1) is 35.1. The molecule has 0 aliphatic carbocycles. The molecule has 0 fully saturated rings. The number of ether oxygens (including phenoxy) is 3. The monoisotopic (exact) mass is 633 g/mol. The zero-order chi connectivity index (χ0) is 33.7. The predicted octanol–water partition coefficient (Wildman–Crippen LogP) is 4.15. The molecule has 0 saturated heterocycles. The number of alkyl carbamates (subject to hydrolysis) is 2. The van der Waals surface area contributed by atoms with Crippen molar-refractivity contribution in [2.75, 3.05) is 0 Å². The van der Waals surface area contributed by atoms with Crippen LogP contribution in [0.5, 0.6) is 5.75 Å². The van der Waals surface area contributed by atoms with Crippen molar-refractivity contribution in [2.24, 2.45) is 0 Å². The number of amides is 3. The quantitative estimate of drug-likeness (QED) is 0.160. The number of carboxylic acid groups (broad SMARTS) is 1. The number of aliphatic carboxylic acids is 1. The minimum Gasteiger partial charge on any atom is -0.480 e. The van der Waals surface area contributed by atoms with Crippen LogP contribution in [-0.2, 0) is 43.3 Å². The maximum Gasteiger partial charge on any atom is 0.408 e. The largest absolute Gasteiger partial charge is 0.480 e. The molecule has 3 rings (SSSR count). The molecule has 0 aliphatic rings. The van der Waals surface area contributed by atoms with E-state index in [1.165, 1.54) is 19.1 Å². The van der Waals surface area contributed by atoms with E-state index in [2.05, 4.69) is 16.0 Å². The standard InChI is InChI=1S/C34H39N3O9/c1-22(35-32(42)44-21-25-13-9-6-10-14-25)31(41)45-26-17-15-24(16-18-26)20-28(30(39)40)36-29(38)27(19-23-11-7-5-8-12-23)37-33(43)46-34(2,3)4/h5-18,22,27-28H,19-21H2,1-4H3,(H,35,42)(H,36,38)(H,37,43)(H,39,40)/t22-,27-,28-/m0/s1. The van der Waals surface area contributed by atoms with Crippen LogP contribution in [0, 0.1) is 0 Å². The Morgan fingerprint density at radius 2 is 1.24 bits per heavy atom. The molecule has 0 heterocycles. The van der Waals surface area contributed by atoms with Crippen LogP contribution in [0.3, 0.4) is 0 Å². The summed E-state index contributed by atoms with van der Waals surface area (Å²) in [5.41, 5.74) is 1.28. The van der Waals surface area contributed by atoms with Crippen molar-refractivity contribution in [3.63, 3.8) is 0 Å². The van der Waals surface area contributed by atoms with E-state index in [-0.39, 0.29) is 25.2 Å². The molecule has 244 valence electrons. The van der Waals surface area contributed by atoms with Gasteiger partial charge in [-0.1, -0.05) is 72.8 Å². The summed E-state index contributed by atoms with van der Waals surface area (Å²) >= 11 is 0. The number of rotatable bonds is 13. The molecule has 0 aromatic heterocycles. The summed E-state index contributed by atoms with van der Waals surface area (Å²) in [6.07, 6.45) is -1.58. The van der Waals surface area contributed by atoms with Crippen molar-refractivity contribution < 1.29 is 43.3 Å². The molecule has 12 heteroatoms. The summed E-state index contributed by atoms with van der Waals surface area (Å²) in [6.45, 7) is 6.55. The summed E-state index contributed by atoms with van der Waals surface area (Å²) in [5.74, 6) is -2.54. The highest BCUT2D eigenvalue weighted by Crippen LogP contribution is 2.15. The van der Waals surface area contributed by atoms with Crippen LogP contribution in [0.4, 0.5) is 9.59 Å². The molecule has 3 aromatic rings. The third kappa shape index (κ3) is 12.3. The molecule has 0 spiro atoms. The predicted molar refractivity (Wildman–Crippen MR) is 168 cm³/mol. The molecule has 0 unspecified atom stereocenters. The SMILES string of the molecule is C[C@H](NC(=O)OCc1ccccc1)C(=O)Oc1ccc(C[C@H](NC(=O)[C@H](Cc2ccccc2)NC(=O)OC(C)(C)C)C(=O)O)cc1. The Kier molecular flexibility index (Phi) is 12.7. The van der Waals surface area contributed by atoms with E-state index in [9.17, 15) is 29.1 Å². The van der Waals surface area contributed by atoms with Gasteiger partial charge in [-0.15, -0.1) is 0 Å². The van der Waals surface area contributed by atoms with Gasteiger partial charge in [0.25, 0.3) is 0 Å². The van der Waals surface area contributed by atoms with Crippen LogP contribution in [0.25, 0.3) is 0 Å². The third-order valence-electron chi connectivity index (χ3n) is 6.39. The lowest BCUT2D eigenvalue weighted by Gasteiger charge is -2.24. The zero-order valence-electron chi connectivity index (χ0n) is 26.1. The summed E-state index contributed by atoms with van der Waals surface area (Å²) in [7, 11) is 0. The second kappa shape index (κ2) is 16.6. The average molecular weight is 634 g/mol. The average Bonchev–Trinajstić information content (AvgIpc) is 3.00. The molecule has 12 nitrogen and oxygen atoms in total. The first-order valence-electron chi connectivity index (χ1n) is 14.6. The molecule has 3 amide bonds. The van der Waals surface area contributed by atoms with Crippen molar-refractivity contribution in [1.82, 2.24) is 16.0 Å². The number of benzene rings is 3. The van der Waals surface area contributed by atoms with Gasteiger partial charge < -0.3 is 35.3 Å². The van der Waals surface area contributed by atoms with E-state index in [4.69, 9.17) is 14.2 Å². The zero-order valence-corrected chi connectivity index (χ0v) is 26.1. The van der Waals surface area contributed by atoms with E-state index >= 15 is 0 Å². The Morgan fingerprint density at radius 3 is 1.80 bits per heavy atom. The van der Waals surface area contributed by atoms with Gasteiger partial charge in [0.15, 0.2) is 0 Å². The van der Waals surface area contributed by atoms with Gasteiger partial charge in [-0.25, -0.2) is 19.2 Å². The van der Waals surface area contributed by atoms with E-state index in [1.807, 2.05) is 24.3 Å². The number of esters is 1. The molecule has 0 bridgehead atoms. The van der Waals surface area contributed by atoms with Crippen LogP contribution in [0.2, 0.25) is 0 Å². The molecule has 46 heavy (non-hydrogen) atoms. The first-order valence-corrected chi connectivity index (χ1v) is 14.6. The highest BCUT2D eigenvalue weighted by Gasteiger charge is 2.29. The summed E-state index contributed by atoms with van der Waals surface area (Å²) in [4.78, 5) is 62.3. The van der Waals surface area contributed by atoms with Gasteiger partial charge in [0.2, 0.25) is 5.91 Å². The topological polar surface area (TPSA) is 169 Å². The molecule has 0 aliphatic heterocycles. The number of hydrogen-bond donors (Lipinski definition) is 4. The highest BCUT2D eigenvalue weighted by atomic mass is 16.6. The van der Waals surface area contributed by atoms with Gasteiger partial charge in [0.1, 0.15) is 36.1 Å². The normalized spacial score (nSPS) is 12.9. The minimum absolute atomic E-state index is 0.0433. The molecular weight excluding hydrogens is 594 g/mol. The number of nitrogens with one attached hydrogen (secondary N) is 3. The lowest BCUT2D eigenvalue weighted by molar-refractivity contribution is -0.142. The number of hydrogen-bond acceptors (Lipinski definition) is 8. The van der Waals surface area contributed by atoms with Crippen LogP contribution in [-0.4, -0.2) is 58.9 Å². The highest BCUT2D eigenvalue weighted by molar-refractivity contribution is 5.89. The molecule has 3 atom stereocenters. The van der Waals surface area contributed by atoms with Crippen LogP contribution >= 0.6 is 0 Å². The molecule has 3 aromatic carbocycles. The van der Waals surface area contributed by atoms with E-state index in [0.29, 0.717) is 5.56 Å². The Balaban J connectivity index is 1.57. The fourth-order valence-corrected chi connectivity index (χ4v) is 4.12. The number of carbonyl (C=O) groups excluding carboxylic acids is 4. The number of carbonyl (C=O) groups is 5. The summed E-state index contributed by atoms with van der Waals surface area (Å²) in [5, 5.41) is 17.3. The van der Waals surface area contributed by atoms with E-state index in [0.717, 1.165) is 11.1 Å². The van der Waals surface area contributed by atoms with Gasteiger partial charge in [-0.2, -0.15) is 0 Å². The lowest BCUT2D eigenvalue weighted by atomic mass is 10.0. The lowest BCUT2D eigenvalue weighted by Crippen LogP contribution is -2.53. The molecule has 0 radical (unpaired) electrons. The Hall–Kier alpha value is -5.39. The smallest absolute Gasteiger partial charge is 0.408 e. The van der Waals surface area contributed by atoms with Gasteiger partial charge in [0.05, 0.1) is 0 Å². The molecule has 0 saturated carbocycles. The van der Waals surface area contributed by atoms with Gasteiger partial charge in [-0.05, 0) is 56.5 Å². The fourth-order valence-electron chi connectivity index (χ4n) is 4.12. The van der Waals surface area contributed by atoms with Crippen molar-refractivity contribution >= 4 is 30.0 Å². The van der Waals surface area contributed by atoms with Gasteiger partial charge >= 0.3 is 24.1 Å². The Labute approximate surface area is 267 Å². The molecule has 4 N–H and O–H groups in total. The second-order valence-corrected chi connectivity index (χ2v) is 11.5. The molecular formula is C34H39N3O9. The fraction of sp³-hybridized carbons (Fsp3) is 0.324. The third-order valence-corrected chi connectivity index (χ3v) is 6.39. The van der Waals surface area contributed by atoms with E-state index < -0.39 is 53.8 Å². The van der Waals surface area contributed by atoms with Crippen molar-refractivity contribution in [2.45, 2.75) is 70.9 Å². The maximum atomic E-state index is 13.2. The maximum absolute atomic E-state index is 13.2. The van der Waals surface area contributed by atoms with Crippen molar-refractivity contribution in [3.05, 3.63) is 102 Å². The second-order valence-electron chi connectivity index (χ2n) is 11.5. The van der Waals surface area contributed by atoms with Crippen molar-refractivity contribution in [1.29, 1.82) is 0 Å². The van der Waals surface area contributed by atoms with Crippen molar-refractivity contribution in [3.8, 4) is 5.75 Å². The van der Waals surface area contributed by atoms with Crippen LogP contribution in [0.15, 0.2) is 84.9 Å². The first-order chi connectivity index (χ1) is 21.8. The Morgan fingerprint density at radius 1 is 0.696 bits per heavy atom. The van der Waals surface area contributed by atoms with Crippen LogP contribution < -0.4 is 20.7 Å².